The van der Waals surface area contributed by atoms with E-state index in [1.54, 1.807) is 17.8 Å². The molecular weight excluding hydrogens is 211 g/mol. The number of aryl methyl sites for hydroxylation is 1. The number of halogens is 1. The van der Waals surface area contributed by atoms with Crippen LogP contribution in [0.1, 0.15) is 18.1 Å². The number of aliphatic hydroxyl groups excluding tert-OH is 1. The molecule has 1 nitrogen and oxygen atoms in total. The van der Waals surface area contributed by atoms with Crippen LogP contribution in [0.5, 0.6) is 0 Å². The highest BCUT2D eigenvalue weighted by atomic mass is 32.2. The highest BCUT2D eigenvalue weighted by Gasteiger charge is 2.08. The summed E-state index contributed by atoms with van der Waals surface area (Å²) < 4.78 is 13.0. The summed E-state index contributed by atoms with van der Waals surface area (Å²) in [5, 5.41) is 9.71. The Hall–Kier alpha value is -0.540. The molecule has 0 aliphatic heterocycles. The van der Waals surface area contributed by atoms with Crippen LogP contribution in [0.25, 0.3) is 0 Å². The molecule has 0 amide bonds. The Balaban J connectivity index is 2.59. The van der Waals surface area contributed by atoms with Crippen LogP contribution in [0, 0.1) is 12.7 Å². The summed E-state index contributed by atoms with van der Waals surface area (Å²) in [4.78, 5) is 0. The highest BCUT2D eigenvalue weighted by molar-refractivity contribution is 7.99. The topological polar surface area (TPSA) is 20.2 Å². The van der Waals surface area contributed by atoms with Crippen molar-refractivity contribution in [3.8, 4) is 0 Å². The molecule has 0 aliphatic rings. The molecule has 0 spiro atoms. The van der Waals surface area contributed by atoms with Gasteiger partial charge < -0.3 is 5.11 Å². The Morgan fingerprint density at radius 3 is 2.87 bits per heavy atom. The Morgan fingerprint density at radius 1 is 1.47 bits per heavy atom. The van der Waals surface area contributed by atoms with Crippen LogP contribution in [0.2, 0.25) is 0 Å². The molecular formula is C12H17FOS. The lowest BCUT2D eigenvalue weighted by Gasteiger charge is -2.11. The minimum absolute atomic E-state index is 0.231. The number of hydrogen-bond acceptors (Lipinski definition) is 2. The lowest BCUT2D eigenvalue weighted by atomic mass is 10.0. The van der Waals surface area contributed by atoms with Gasteiger partial charge in [0, 0.05) is 5.75 Å². The fourth-order valence-corrected chi connectivity index (χ4v) is 2.05. The average Bonchev–Trinajstić information content (AvgIpc) is 2.20. The zero-order chi connectivity index (χ0) is 11.3. The molecule has 0 aliphatic carbocycles. The van der Waals surface area contributed by atoms with Gasteiger partial charge in [-0.25, -0.2) is 4.39 Å². The largest absolute Gasteiger partial charge is 0.392 e. The number of rotatable bonds is 5. The van der Waals surface area contributed by atoms with E-state index in [2.05, 4.69) is 6.92 Å². The van der Waals surface area contributed by atoms with E-state index in [4.69, 9.17) is 0 Å². The maximum atomic E-state index is 13.0. The van der Waals surface area contributed by atoms with Crippen LogP contribution >= 0.6 is 11.8 Å². The molecule has 0 fully saturated rings. The van der Waals surface area contributed by atoms with Crippen LogP contribution in [0.15, 0.2) is 18.2 Å². The summed E-state index contributed by atoms with van der Waals surface area (Å²) in [5.74, 6) is 1.48. The molecule has 1 unspecified atom stereocenters. The van der Waals surface area contributed by atoms with Crippen molar-refractivity contribution in [2.45, 2.75) is 26.4 Å². The Kier molecular flexibility index (Phi) is 5.12. The first kappa shape index (κ1) is 12.5. The maximum Gasteiger partial charge on any atom is 0.123 e. The fraction of sp³-hybridized carbons (Fsp3) is 0.500. The zero-order valence-corrected chi connectivity index (χ0v) is 9.98. The summed E-state index contributed by atoms with van der Waals surface area (Å²) in [7, 11) is 0. The molecule has 15 heavy (non-hydrogen) atoms. The van der Waals surface area contributed by atoms with Crippen LogP contribution in [0.4, 0.5) is 4.39 Å². The summed E-state index contributed by atoms with van der Waals surface area (Å²) >= 11 is 1.70. The van der Waals surface area contributed by atoms with E-state index in [-0.39, 0.29) is 11.9 Å². The van der Waals surface area contributed by atoms with E-state index < -0.39 is 0 Å². The van der Waals surface area contributed by atoms with Crippen LogP contribution in [-0.2, 0) is 6.42 Å². The number of hydrogen-bond donors (Lipinski definition) is 1. The standard InChI is InChI=1S/C12H17FOS/c1-3-15-8-12(14)7-10-6-11(13)5-4-9(10)2/h4-6,12,14H,3,7-8H2,1-2H3. The quantitative estimate of drug-likeness (QED) is 0.836. The summed E-state index contributed by atoms with van der Waals surface area (Å²) in [5.41, 5.74) is 1.94. The third-order valence-corrected chi connectivity index (χ3v) is 3.31. The molecule has 1 N–H and O–H groups in total. The number of thioether (sulfide) groups is 1. The molecule has 3 heteroatoms. The van der Waals surface area contributed by atoms with Gasteiger partial charge in [-0.15, -0.1) is 0 Å². The van der Waals surface area contributed by atoms with Crippen molar-refractivity contribution in [3.63, 3.8) is 0 Å². The Labute approximate surface area is 94.7 Å². The smallest absolute Gasteiger partial charge is 0.123 e. The second-order valence-electron chi connectivity index (χ2n) is 3.59. The van der Waals surface area contributed by atoms with Gasteiger partial charge in [0.2, 0.25) is 0 Å². The Morgan fingerprint density at radius 2 is 2.20 bits per heavy atom. The predicted octanol–water partition coefficient (Wildman–Crippen LogP) is 2.79. The first-order valence-electron chi connectivity index (χ1n) is 5.14. The van der Waals surface area contributed by atoms with Crippen molar-refractivity contribution < 1.29 is 9.50 Å². The second-order valence-corrected chi connectivity index (χ2v) is 4.91. The normalized spacial score (nSPS) is 12.8. The summed E-state index contributed by atoms with van der Waals surface area (Å²) in [6.07, 6.45) is 0.159. The third kappa shape index (κ3) is 4.22. The van der Waals surface area contributed by atoms with Crippen molar-refractivity contribution in [1.82, 2.24) is 0 Å². The molecule has 0 saturated heterocycles. The van der Waals surface area contributed by atoms with Gasteiger partial charge in [0.1, 0.15) is 5.82 Å². The van der Waals surface area contributed by atoms with E-state index in [1.165, 1.54) is 12.1 Å². The van der Waals surface area contributed by atoms with E-state index in [9.17, 15) is 9.50 Å². The number of aliphatic hydroxyl groups is 1. The predicted molar refractivity (Wildman–Crippen MR) is 63.8 cm³/mol. The van der Waals surface area contributed by atoms with Gasteiger partial charge in [-0.05, 0) is 42.4 Å². The average molecular weight is 228 g/mol. The van der Waals surface area contributed by atoms with Crippen LogP contribution < -0.4 is 0 Å². The lowest BCUT2D eigenvalue weighted by molar-refractivity contribution is 0.200. The van der Waals surface area contributed by atoms with Gasteiger partial charge >= 0.3 is 0 Å². The molecule has 0 aromatic heterocycles. The minimum Gasteiger partial charge on any atom is -0.392 e. The maximum absolute atomic E-state index is 13.0. The number of benzene rings is 1. The fourth-order valence-electron chi connectivity index (χ4n) is 1.43. The highest BCUT2D eigenvalue weighted by Crippen LogP contribution is 2.14. The van der Waals surface area contributed by atoms with Crippen molar-refractivity contribution in [2.24, 2.45) is 0 Å². The van der Waals surface area contributed by atoms with E-state index >= 15 is 0 Å². The zero-order valence-electron chi connectivity index (χ0n) is 9.16. The van der Waals surface area contributed by atoms with Gasteiger partial charge in [0.05, 0.1) is 6.10 Å². The molecule has 0 heterocycles. The molecule has 1 atom stereocenters. The Bertz CT molecular complexity index is 314. The summed E-state index contributed by atoms with van der Waals surface area (Å²) in [6, 6.07) is 4.71. The molecule has 1 rings (SSSR count). The minimum atomic E-state index is -0.379. The van der Waals surface area contributed by atoms with Crippen molar-refractivity contribution in [1.29, 1.82) is 0 Å². The first-order chi connectivity index (χ1) is 7.13. The van der Waals surface area contributed by atoms with Gasteiger partial charge in [0.25, 0.3) is 0 Å². The molecule has 1 aromatic carbocycles. The van der Waals surface area contributed by atoms with E-state index in [0.717, 1.165) is 16.9 Å². The summed E-state index contributed by atoms with van der Waals surface area (Å²) in [6.45, 7) is 4.00. The second kappa shape index (κ2) is 6.13. The lowest BCUT2D eigenvalue weighted by Crippen LogP contribution is -2.14. The van der Waals surface area contributed by atoms with Gasteiger partial charge in [-0.2, -0.15) is 11.8 Å². The van der Waals surface area contributed by atoms with Crippen LogP contribution in [-0.4, -0.2) is 22.7 Å². The molecule has 0 saturated carbocycles. The van der Waals surface area contributed by atoms with Crippen molar-refractivity contribution in [3.05, 3.63) is 35.1 Å². The van der Waals surface area contributed by atoms with Gasteiger partial charge in [-0.3, -0.25) is 0 Å². The third-order valence-electron chi connectivity index (χ3n) is 2.28. The molecule has 0 radical (unpaired) electrons. The molecule has 0 bridgehead atoms. The van der Waals surface area contributed by atoms with E-state index in [1.807, 2.05) is 6.92 Å². The van der Waals surface area contributed by atoms with Gasteiger partial charge in [0.15, 0.2) is 0 Å². The van der Waals surface area contributed by atoms with Gasteiger partial charge in [-0.1, -0.05) is 13.0 Å². The molecule has 84 valence electrons. The molecule has 1 aromatic rings. The van der Waals surface area contributed by atoms with Crippen molar-refractivity contribution >= 4 is 11.8 Å². The van der Waals surface area contributed by atoms with Crippen molar-refractivity contribution in [2.75, 3.05) is 11.5 Å². The first-order valence-corrected chi connectivity index (χ1v) is 6.29. The monoisotopic (exact) mass is 228 g/mol. The van der Waals surface area contributed by atoms with E-state index in [0.29, 0.717) is 12.2 Å². The SMILES string of the molecule is CCSCC(O)Cc1cc(F)ccc1C. The van der Waals surface area contributed by atoms with Crippen LogP contribution in [0.3, 0.4) is 0 Å².